The Kier molecular flexibility index (Phi) is 14.0. The monoisotopic (exact) mass is 697 g/mol. The lowest BCUT2D eigenvalue weighted by molar-refractivity contribution is -0.272. The molecule has 0 aromatic heterocycles. The van der Waals surface area contributed by atoms with Gasteiger partial charge in [0.1, 0.15) is 18.2 Å². The first-order valence-electron chi connectivity index (χ1n) is 18.6. The topological polar surface area (TPSA) is 154 Å². The molecule has 278 valence electrons. The maximum atomic E-state index is 13.8. The number of aliphatic hydroxyl groups excluding tert-OH is 3. The summed E-state index contributed by atoms with van der Waals surface area (Å²) in [6.45, 7) is 11.7. The van der Waals surface area contributed by atoms with Crippen LogP contribution in [0.1, 0.15) is 99.3 Å². The number of ketones is 1. The molecular weight excluding hydrogens is 638 g/mol. The molecule has 11 unspecified atom stereocenters. The summed E-state index contributed by atoms with van der Waals surface area (Å²) in [4.78, 5) is 42.2. The Morgan fingerprint density at radius 1 is 0.900 bits per heavy atom. The first-order chi connectivity index (χ1) is 23.6. The van der Waals surface area contributed by atoms with Crippen LogP contribution in [0.4, 0.5) is 0 Å². The number of piperidine rings is 1. The molecule has 0 saturated carbocycles. The van der Waals surface area contributed by atoms with Gasteiger partial charge in [-0.05, 0) is 107 Å². The Bertz CT molecular complexity index is 1380. The van der Waals surface area contributed by atoms with Crippen molar-refractivity contribution < 1.29 is 44.3 Å². The minimum Gasteiger partial charge on any atom is -0.453 e. The highest BCUT2D eigenvalue weighted by molar-refractivity contribution is 6.39. The van der Waals surface area contributed by atoms with Gasteiger partial charge in [0.05, 0.1) is 18.3 Å². The summed E-state index contributed by atoms with van der Waals surface area (Å²) in [6, 6.07) is -1.05. The number of hydrogen-bond donors (Lipinski definition) is 4. The molecule has 10 nitrogen and oxygen atoms in total. The van der Waals surface area contributed by atoms with Gasteiger partial charge in [0, 0.05) is 18.4 Å². The van der Waals surface area contributed by atoms with Crippen molar-refractivity contribution in [3.63, 3.8) is 0 Å². The maximum absolute atomic E-state index is 13.8. The van der Waals surface area contributed by atoms with E-state index in [-0.39, 0.29) is 24.8 Å². The number of esters is 1. The molecule has 5 aliphatic rings. The van der Waals surface area contributed by atoms with Gasteiger partial charge < -0.3 is 34.8 Å². The van der Waals surface area contributed by atoms with Crippen LogP contribution in [0.15, 0.2) is 59.3 Å². The summed E-state index contributed by atoms with van der Waals surface area (Å²) in [5.74, 6) is -6.19. The molecule has 0 aromatic rings. The number of amides is 1. The van der Waals surface area contributed by atoms with Gasteiger partial charge in [-0.25, -0.2) is 4.79 Å². The zero-order valence-electron chi connectivity index (χ0n) is 30.7. The molecule has 50 heavy (non-hydrogen) atoms. The number of hydrogen-bond acceptors (Lipinski definition) is 9. The van der Waals surface area contributed by atoms with Gasteiger partial charge in [0.2, 0.25) is 5.79 Å². The van der Waals surface area contributed by atoms with E-state index in [1.165, 1.54) is 4.90 Å². The predicted molar refractivity (Wildman–Crippen MR) is 190 cm³/mol. The van der Waals surface area contributed by atoms with Crippen molar-refractivity contribution in [2.45, 2.75) is 142 Å². The van der Waals surface area contributed by atoms with Crippen LogP contribution in [0.5, 0.6) is 0 Å². The number of fused-ring (bicyclic) bond motifs is 13. The van der Waals surface area contributed by atoms with Crippen molar-refractivity contribution in [1.82, 2.24) is 4.90 Å². The number of nitrogens with zero attached hydrogens (tertiary/aromatic N) is 1. The van der Waals surface area contributed by atoms with Crippen LogP contribution in [0.3, 0.4) is 0 Å². The van der Waals surface area contributed by atoms with Crippen molar-refractivity contribution in [3.8, 4) is 0 Å². The van der Waals surface area contributed by atoms with Crippen molar-refractivity contribution >= 4 is 17.7 Å². The molecule has 10 heteroatoms. The first kappa shape index (κ1) is 39.9. The number of allylic oxidation sites excluding steroid dienone is 6. The molecule has 0 aromatic carbocycles. The number of carbonyl (C=O) groups excluding carboxylic acids is 3. The lowest BCUT2D eigenvalue weighted by Gasteiger charge is -2.44. The van der Waals surface area contributed by atoms with E-state index >= 15 is 0 Å². The zero-order valence-corrected chi connectivity index (χ0v) is 30.7. The fourth-order valence-corrected chi connectivity index (χ4v) is 7.46. The Labute approximate surface area is 297 Å². The third-order valence-corrected chi connectivity index (χ3v) is 11.1. The van der Waals surface area contributed by atoms with Crippen molar-refractivity contribution in [3.05, 3.63) is 59.3 Å². The molecule has 0 spiro atoms. The smallest absolute Gasteiger partial charge is 0.329 e. The predicted octanol–water partition coefficient (Wildman–Crippen LogP) is 4.86. The van der Waals surface area contributed by atoms with E-state index in [0.717, 1.165) is 29.6 Å². The molecule has 5 rings (SSSR count). The molecule has 1 amide bonds. The normalized spacial score (nSPS) is 41.5. The molecule has 2 fully saturated rings. The SMILES string of the molecule is CCC1/C=C(\C)C(O)CCC(C)/C=C/C(O)C(C)C2CCC(C)C(O)(O2)C(=O)C(=O)N2CCCCC2C(=O)OC2C=CC(=CC2O)/C=C(\C)C1. The van der Waals surface area contributed by atoms with Crippen LogP contribution in [-0.2, 0) is 23.9 Å². The average Bonchev–Trinajstić information content (AvgIpc) is 3.09. The summed E-state index contributed by atoms with van der Waals surface area (Å²) < 4.78 is 11.7. The standard InChI is InChI=1S/C40H59NO9/c1-7-29-20-25(3)21-30-14-18-36(34(44)23-30)49-39(47)31-10-8-9-19-41(31)38(46)37(45)40(48)27(5)13-17-35(50-40)28(6)33(43)16-12-24(2)11-15-32(42)26(4)22-29/h12,14,16,18,21-24,27-29,31-36,42-44,48H,7-11,13,15,17,19-20H2,1-6H3/b16-12+,25-21+,26-22+. The van der Waals surface area contributed by atoms with E-state index in [0.29, 0.717) is 38.5 Å². The Balaban J connectivity index is 1.62. The summed E-state index contributed by atoms with van der Waals surface area (Å²) in [6.07, 6.45) is 13.8. The van der Waals surface area contributed by atoms with Gasteiger partial charge in [-0.1, -0.05) is 63.6 Å². The number of rotatable bonds is 1. The van der Waals surface area contributed by atoms with Gasteiger partial charge in [-0.3, -0.25) is 9.59 Å². The summed E-state index contributed by atoms with van der Waals surface area (Å²) in [7, 11) is 0. The molecule has 4 heterocycles. The highest BCUT2D eigenvalue weighted by Gasteiger charge is 2.53. The average molecular weight is 698 g/mol. The maximum Gasteiger partial charge on any atom is 0.329 e. The van der Waals surface area contributed by atoms with Gasteiger partial charge in [-0.2, -0.15) is 0 Å². The minimum atomic E-state index is -2.42. The fourth-order valence-electron chi connectivity index (χ4n) is 7.46. The van der Waals surface area contributed by atoms with Crippen LogP contribution >= 0.6 is 0 Å². The second-order valence-corrected chi connectivity index (χ2v) is 15.2. The molecule has 4 bridgehead atoms. The van der Waals surface area contributed by atoms with Crippen molar-refractivity contribution in [2.75, 3.05) is 6.54 Å². The molecule has 1 aliphatic carbocycles. The number of ether oxygens (including phenoxy) is 2. The minimum absolute atomic E-state index is 0.0773. The molecule has 11 atom stereocenters. The Hall–Kier alpha value is -2.89. The first-order valence-corrected chi connectivity index (χ1v) is 18.6. The number of aliphatic hydroxyl groups is 4. The summed E-state index contributed by atoms with van der Waals surface area (Å²) >= 11 is 0. The van der Waals surface area contributed by atoms with Crippen LogP contribution < -0.4 is 0 Å². The van der Waals surface area contributed by atoms with E-state index in [9.17, 15) is 34.8 Å². The molecule has 4 aliphatic heterocycles. The van der Waals surface area contributed by atoms with E-state index in [1.54, 1.807) is 38.2 Å². The highest BCUT2D eigenvalue weighted by atomic mass is 16.6. The van der Waals surface area contributed by atoms with Gasteiger partial charge >= 0.3 is 5.97 Å². The third-order valence-electron chi connectivity index (χ3n) is 11.1. The molecule has 0 radical (unpaired) electrons. The van der Waals surface area contributed by atoms with Crippen molar-refractivity contribution in [2.24, 2.45) is 23.7 Å². The van der Waals surface area contributed by atoms with Gasteiger partial charge in [-0.15, -0.1) is 0 Å². The molecule has 4 N–H and O–H groups in total. The van der Waals surface area contributed by atoms with Crippen molar-refractivity contribution in [1.29, 1.82) is 0 Å². The van der Waals surface area contributed by atoms with Crippen LogP contribution in [0.25, 0.3) is 0 Å². The molecule has 2 saturated heterocycles. The van der Waals surface area contributed by atoms with Crippen LogP contribution in [-0.4, -0.2) is 91.9 Å². The molecular formula is C40H59NO9. The van der Waals surface area contributed by atoms with E-state index < -0.39 is 71.8 Å². The number of carbonyl (C=O) groups is 3. The van der Waals surface area contributed by atoms with E-state index in [2.05, 4.69) is 13.0 Å². The summed E-state index contributed by atoms with van der Waals surface area (Å²) in [5, 5.41) is 44.6. The third kappa shape index (κ3) is 9.70. The second-order valence-electron chi connectivity index (χ2n) is 15.2. The summed E-state index contributed by atoms with van der Waals surface area (Å²) in [5.41, 5.74) is 2.80. The quantitative estimate of drug-likeness (QED) is 0.171. The highest BCUT2D eigenvalue weighted by Crippen LogP contribution is 2.38. The Morgan fingerprint density at radius 2 is 1.64 bits per heavy atom. The Morgan fingerprint density at radius 3 is 2.34 bits per heavy atom. The van der Waals surface area contributed by atoms with Gasteiger partial charge in [0.15, 0.2) is 0 Å². The van der Waals surface area contributed by atoms with Crippen LogP contribution in [0.2, 0.25) is 0 Å². The second kappa shape index (κ2) is 17.6. The van der Waals surface area contributed by atoms with E-state index in [1.807, 2.05) is 32.9 Å². The van der Waals surface area contributed by atoms with Crippen LogP contribution in [0, 0.1) is 23.7 Å². The van der Waals surface area contributed by atoms with E-state index in [4.69, 9.17) is 9.47 Å². The lowest BCUT2D eigenvalue weighted by atomic mass is 9.82. The lowest BCUT2D eigenvalue weighted by Crippen LogP contribution is -2.61. The van der Waals surface area contributed by atoms with Gasteiger partial charge in [0.25, 0.3) is 11.7 Å². The fraction of sp³-hybridized carbons (Fsp3) is 0.675. The zero-order chi connectivity index (χ0) is 36.7. The number of Topliss-reactive ketones (excluding diaryl/α,β-unsaturated/α-hetero) is 1. The largest absolute Gasteiger partial charge is 0.453 e.